The summed E-state index contributed by atoms with van der Waals surface area (Å²) in [6.07, 6.45) is 2.27. The summed E-state index contributed by atoms with van der Waals surface area (Å²) in [7, 11) is 2.97. The van der Waals surface area contributed by atoms with E-state index in [4.69, 9.17) is 14.3 Å². The van der Waals surface area contributed by atoms with Gasteiger partial charge in [0.2, 0.25) is 0 Å². The van der Waals surface area contributed by atoms with Gasteiger partial charge in [-0.25, -0.2) is 0 Å². The fourth-order valence-corrected chi connectivity index (χ4v) is 3.00. The number of fused-ring (bicyclic) bond motifs is 1. The van der Waals surface area contributed by atoms with Crippen LogP contribution in [-0.2, 0) is 19.1 Å². The van der Waals surface area contributed by atoms with Crippen molar-refractivity contribution in [1.82, 2.24) is 5.06 Å². The Bertz CT molecular complexity index is 311. The Kier molecular flexibility index (Phi) is 5.15. The Hall–Kier alpha value is -0.690. The van der Waals surface area contributed by atoms with E-state index in [9.17, 15) is 9.90 Å². The Morgan fingerprint density at radius 1 is 1.47 bits per heavy atom. The van der Waals surface area contributed by atoms with E-state index in [1.54, 1.807) is 7.11 Å². The largest absolute Gasteiger partial charge is 0.469 e. The first-order valence-corrected chi connectivity index (χ1v) is 6.87. The van der Waals surface area contributed by atoms with Crippen molar-refractivity contribution in [3.8, 4) is 0 Å². The number of aliphatic hydroxyl groups is 1. The standard InChI is InChI=1S/C13H23NO5/c1-17-8-6-10(15)12-11(13(16)18-2)9-5-3-4-7-14(9)19-12/h9-12,15H,3-8H2,1-2H3/t9-,10-,11+,12-/m1/s1. The quantitative estimate of drug-likeness (QED) is 0.729. The van der Waals surface area contributed by atoms with Crippen molar-refractivity contribution in [3.63, 3.8) is 0 Å². The van der Waals surface area contributed by atoms with Crippen LogP contribution in [0.5, 0.6) is 0 Å². The minimum Gasteiger partial charge on any atom is -0.469 e. The summed E-state index contributed by atoms with van der Waals surface area (Å²) < 4.78 is 9.85. The third-order valence-corrected chi connectivity index (χ3v) is 3.99. The highest BCUT2D eigenvalue weighted by Gasteiger charge is 2.51. The number of ether oxygens (including phenoxy) is 2. The van der Waals surface area contributed by atoms with Crippen LogP contribution in [0.1, 0.15) is 25.7 Å². The number of hydroxylamine groups is 2. The Morgan fingerprint density at radius 2 is 2.26 bits per heavy atom. The van der Waals surface area contributed by atoms with Crippen LogP contribution in [0, 0.1) is 5.92 Å². The van der Waals surface area contributed by atoms with Crippen molar-refractivity contribution >= 4 is 5.97 Å². The molecule has 6 heteroatoms. The summed E-state index contributed by atoms with van der Waals surface area (Å²) in [5.74, 6) is -0.701. The summed E-state index contributed by atoms with van der Waals surface area (Å²) >= 11 is 0. The van der Waals surface area contributed by atoms with Gasteiger partial charge in [-0.3, -0.25) is 9.63 Å². The van der Waals surface area contributed by atoms with E-state index in [1.165, 1.54) is 7.11 Å². The second kappa shape index (κ2) is 6.65. The van der Waals surface area contributed by atoms with Gasteiger partial charge in [0.05, 0.1) is 19.3 Å². The Morgan fingerprint density at radius 3 is 2.95 bits per heavy atom. The number of nitrogens with zero attached hydrogens (tertiary/aromatic N) is 1. The normalized spacial score (nSPS) is 32.9. The molecule has 1 N–H and O–H groups in total. The van der Waals surface area contributed by atoms with Crippen molar-refractivity contribution in [2.24, 2.45) is 5.92 Å². The summed E-state index contributed by atoms with van der Waals surface area (Å²) in [6, 6.07) is 0.0309. The van der Waals surface area contributed by atoms with Gasteiger partial charge in [0.1, 0.15) is 12.0 Å². The molecule has 0 aromatic rings. The minimum atomic E-state index is -0.713. The van der Waals surface area contributed by atoms with Crippen molar-refractivity contribution in [2.75, 3.05) is 27.4 Å². The van der Waals surface area contributed by atoms with Gasteiger partial charge in [0, 0.05) is 20.3 Å². The zero-order chi connectivity index (χ0) is 13.8. The van der Waals surface area contributed by atoms with Crippen molar-refractivity contribution < 1.29 is 24.2 Å². The van der Waals surface area contributed by atoms with Crippen LogP contribution in [0.4, 0.5) is 0 Å². The number of carbonyl (C=O) groups excluding carboxylic acids is 1. The Balaban J connectivity index is 2.09. The van der Waals surface area contributed by atoms with Gasteiger partial charge in [0.15, 0.2) is 0 Å². The molecule has 0 amide bonds. The SMILES string of the molecule is COCC[C@@H](O)[C@H]1ON2CCCC[C@@H]2[C@@H]1C(=O)OC. The summed E-state index contributed by atoms with van der Waals surface area (Å²) in [5.41, 5.74) is 0. The number of rotatable bonds is 5. The van der Waals surface area contributed by atoms with E-state index >= 15 is 0 Å². The molecule has 0 aromatic carbocycles. The molecule has 2 rings (SSSR count). The van der Waals surface area contributed by atoms with Gasteiger partial charge in [-0.15, -0.1) is 0 Å². The molecule has 0 unspecified atom stereocenters. The van der Waals surface area contributed by atoms with Crippen molar-refractivity contribution in [1.29, 1.82) is 0 Å². The van der Waals surface area contributed by atoms with Gasteiger partial charge in [0.25, 0.3) is 0 Å². The first-order chi connectivity index (χ1) is 9.19. The van der Waals surface area contributed by atoms with Gasteiger partial charge < -0.3 is 14.6 Å². The smallest absolute Gasteiger partial charge is 0.313 e. The molecule has 110 valence electrons. The van der Waals surface area contributed by atoms with Crippen LogP contribution >= 0.6 is 0 Å². The molecule has 2 heterocycles. The predicted octanol–water partition coefficient (Wildman–Crippen LogP) is 0.341. The van der Waals surface area contributed by atoms with Gasteiger partial charge in [-0.2, -0.15) is 5.06 Å². The lowest BCUT2D eigenvalue weighted by atomic mass is 9.86. The van der Waals surface area contributed by atoms with Crippen LogP contribution in [-0.4, -0.2) is 61.8 Å². The summed E-state index contributed by atoms with van der Waals surface area (Å²) in [6.45, 7) is 1.26. The molecule has 2 saturated heterocycles. The second-order valence-corrected chi connectivity index (χ2v) is 5.17. The zero-order valence-electron chi connectivity index (χ0n) is 11.6. The van der Waals surface area contributed by atoms with E-state index in [1.807, 2.05) is 5.06 Å². The Labute approximate surface area is 113 Å². The van der Waals surface area contributed by atoms with E-state index < -0.39 is 18.1 Å². The number of hydrogen-bond donors (Lipinski definition) is 1. The van der Waals surface area contributed by atoms with Crippen LogP contribution in [0.2, 0.25) is 0 Å². The zero-order valence-corrected chi connectivity index (χ0v) is 11.6. The third-order valence-electron chi connectivity index (χ3n) is 3.99. The molecular weight excluding hydrogens is 250 g/mol. The van der Waals surface area contributed by atoms with Gasteiger partial charge in [-0.05, 0) is 19.3 Å². The van der Waals surface area contributed by atoms with Gasteiger partial charge >= 0.3 is 5.97 Å². The van der Waals surface area contributed by atoms with E-state index in [-0.39, 0.29) is 12.0 Å². The van der Waals surface area contributed by atoms with Crippen molar-refractivity contribution in [2.45, 2.75) is 43.9 Å². The maximum Gasteiger partial charge on any atom is 0.313 e. The van der Waals surface area contributed by atoms with Crippen LogP contribution in [0.25, 0.3) is 0 Å². The van der Waals surface area contributed by atoms with E-state index in [0.29, 0.717) is 13.0 Å². The van der Waals surface area contributed by atoms with Crippen LogP contribution < -0.4 is 0 Å². The second-order valence-electron chi connectivity index (χ2n) is 5.17. The van der Waals surface area contributed by atoms with E-state index in [0.717, 1.165) is 25.8 Å². The lowest BCUT2D eigenvalue weighted by Gasteiger charge is -2.28. The first-order valence-electron chi connectivity index (χ1n) is 6.87. The highest BCUT2D eigenvalue weighted by atomic mass is 16.7. The monoisotopic (exact) mass is 273 g/mol. The highest BCUT2D eigenvalue weighted by Crippen LogP contribution is 2.36. The number of methoxy groups -OCH3 is 2. The number of aliphatic hydroxyl groups excluding tert-OH is 1. The molecule has 2 aliphatic rings. The predicted molar refractivity (Wildman–Crippen MR) is 67.2 cm³/mol. The molecular formula is C13H23NO5. The molecule has 2 aliphatic heterocycles. The number of carbonyl (C=O) groups is 1. The lowest BCUT2D eigenvalue weighted by molar-refractivity contribution is -0.195. The molecule has 6 nitrogen and oxygen atoms in total. The average molecular weight is 273 g/mol. The maximum atomic E-state index is 12.0. The van der Waals surface area contributed by atoms with Gasteiger partial charge in [-0.1, -0.05) is 6.42 Å². The summed E-state index contributed by atoms with van der Waals surface area (Å²) in [5, 5.41) is 12.1. The molecule has 19 heavy (non-hydrogen) atoms. The molecule has 0 bridgehead atoms. The molecule has 0 aromatic heterocycles. The number of piperidine rings is 1. The topological polar surface area (TPSA) is 68.2 Å². The fraction of sp³-hybridized carbons (Fsp3) is 0.923. The average Bonchev–Trinajstić information content (AvgIpc) is 2.83. The van der Waals surface area contributed by atoms with Crippen LogP contribution in [0.3, 0.4) is 0 Å². The first kappa shape index (κ1) is 14.7. The molecule has 0 radical (unpaired) electrons. The van der Waals surface area contributed by atoms with E-state index in [2.05, 4.69) is 0 Å². The third kappa shape index (κ3) is 3.08. The van der Waals surface area contributed by atoms with Crippen molar-refractivity contribution in [3.05, 3.63) is 0 Å². The molecule has 2 fully saturated rings. The maximum absolute atomic E-state index is 12.0. The minimum absolute atomic E-state index is 0.0309. The number of hydrogen-bond acceptors (Lipinski definition) is 6. The molecule has 4 atom stereocenters. The summed E-state index contributed by atoms with van der Waals surface area (Å²) in [4.78, 5) is 17.8. The van der Waals surface area contributed by atoms with Crippen LogP contribution in [0.15, 0.2) is 0 Å². The molecule has 0 saturated carbocycles. The molecule has 0 aliphatic carbocycles. The highest BCUT2D eigenvalue weighted by molar-refractivity contribution is 5.74. The lowest BCUT2D eigenvalue weighted by Crippen LogP contribution is -2.42. The number of esters is 1. The molecule has 0 spiro atoms. The fourth-order valence-electron chi connectivity index (χ4n) is 3.00.